The van der Waals surface area contributed by atoms with E-state index in [1.807, 2.05) is 19.1 Å². The third kappa shape index (κ3) is 3.09. The predicted molar refractivity (Wildman–Crippen MR) is 50.3 cm³/mol. The van der Waals surface area contributed by atoms with E-state index in [2.05, 4.69) is 12.2 Å². The molecule has 0 saturated heterocycles. The highest BCUT2D eigenvalue weighted by molar-refractivity contribution is 5.05. The number of furan rings is 1. The number of hydrogen-bond donors (Lipinski definition) is 1. The lowest BCUT2D eigenvalue weighted by Gasteiger charge is -1.99. The van der Waals surface area contributed by atoms with E-state index in [0.29, 0.717) is 0 Å². The zero-order chi connectivity index (χ0) is 8.81. The van der Waals surface area contributed by atoms with Gasteiger partial charge in [0.05, 0.1) is 0 Å². The van der Waals surface area contributed by atoms with Crippen LogP contribution in [0.3, 0.4) is 0 Å². The van der Waals surface area contributed by atoms with Crippen LogP contribution in [-0.4, -0.2) is 13.1 Å². The van der Waals surface area contributed by atoms with Gasteiger partial charge in [-0.1, -0.05) is 6.92 Å². The summed E-state index contributed by atoms with van der Waals surface area (Å²) in [6, 6.07) is 4.05. The summed E-state index contributed by atoms with van der Waals surface area (Å²) in [4.78, 5) is 0. The first-order valence-electron chi connectivity index (χ1n) is 4.59. The molecule has 0 bridgehead atoms. The monoisotopic (exact) mass is 167 g/mol. The number of hydrogen-bond acceptors (Lipinski definition) is 2. The smallest absolute Gasteiger partial charge is 0.105 e. The van der Waals surface area contributed by atoms with Gasteiger partial charge in [0, 0.05) is 13.0 Å². The summed E-state index contributed by atoms with van der Waals surface area (Å²) in [7, 11) is 0. The molecular weight excluding hydrogens is 150 g/mol. The average Bonchev–Trinajstić information content (AvgIpc) is 2.45. The Morgan fingerprint density at radius 3 is 2.75 bits per heavy atom. The van der Waals surface area contributed by atoms with Crippen LogP contribution in [0.25, 0.3) is 0 Å². The van der Waals surface area contributed by atoms with Gasteiger partial charge in [0.1, 0.15) is 11.5 Å². The first-order valence-corrected chi connectivity index (χ1v) is 4.59. The van der Waals surface area contributed by atoms with E-state index >= 15 is 0 Å². The molecule has 0 fully saturated rings. The van der Waals surface area contributed by atoms with Gasteiger partial charge in [-0.2, -0.15) is 0 Å². The Morgan fingerprint density at radius 1 is 1.33 bits per heavy atom. The van der Waals surface area contributed by atoms with E-state index in [9.17, 15) is 0 Å². The summed E-state index contributed by atoms with van der Waals surface area (Å²) >= 11 is 0. The Hall–Kier alpha value is -0.760. The van der Waals surface area contributed by atoms with Crippen molar-refractivity contribution in [1.82, 2.24) is 5.32 Å². The molecule has 0 spiro atoms. The van der Waals surface area contributed by atoms with Crippen LogP contribution in [0.1, 0.15) is 24.9 Å². The summed E-state index contributed by atoms with van der Waals surface area (Å²) in [5, 5.41) is 3.33. The molecule has 12 heavy (non-hydrogen) atoms. The van der Waals surface area contributed by atoms with E-state index in [1.165, 1.54) is 6.42 Å². The zero-order valence-electron chi connectivity index (χ0n) is 7.89. The molecule has 1 heterocycles. The first kappa shape index (κ1) is 9.33. The van der Waals surface area contributed by atoms with Gasteiger partial charge in [0.2, 0.25) is 0 Å². The maximum absolute atomic E-state index is 5.42. The Kier molecular flexibility index (Phi) is 3.88. The highest BCUT2D eigenvalue weighted by atomic mass is 16.3. The molecule has 1 aromatic heterocycles. The second-order valence-corrected chi connectivity index (χ2v) is 3.01. The highest BCUT2D eigenvalue weighted by Crippen LogP contribution is 2.05. The van der Waals surface area contributed by atoms with Crippen LogP contribution in [-0.2, 0) is 6.42 Å². The SMILES string of the molecule is CCCNCCc1ccc(C)o1. The summed E-state index contributed by atoms with van der Waals surface area (Å²) in [5.41, 5.74) is 0. The van der Waals surface area contributed by atoms with Gasteiger partial charge in [-0.25, -0.2) is 0 Å². The second kappa shape index (κ2) is 4.99. The molecule has 0 atom stereocenters. The maximum atomic E-state index is 5.42. The lowest BCUT2D eigenvalue weighted by Crippen LogP contribution is -2.17. The molecule has 0 aromatic carbocycles. The molecule has 0 radical (unpaired) electrons. The number of rotatable bonds is 5. The van der Waals surface area contributed by atoms with Crippen molar-refractivity contribution in [2.45, 2.75) is 26.7 Å². The molecular formula is C10H17NO. The third-order valence-corrected chi connectivity index (χ3v) is 1.77. The zero-order valence-corrected chi connectivity index (χ0v) is 7.89. The van der Waals surface area contributed by atoms with Gasteiger partial charge in [-0.15, -0.1) is 0 Å². The van der Waals surface area contributed by atoms with Crippen molar-refractivity contribution in [3.63, 3.8) is 0 Å². The molecule has 0 aliphatic heterocycles. The Bertz CT molecular complexity index is 217. The van der Waals surface area contributed by atoms with Crippen molar-refractivity contribution < 1.29 is 4.42 Å². The summed E-state index contributed by atoms with van der Waals surface area (Å²) in [6.45, 7) is 6.26. The molecule has 68 valence electrons. The molecule has 0 aliphatic rings. The molecule has 0 saturated carbocycles. The first-order chi connectivity index (χ1) is 5.83. The second-order valence-electron chi connectivity index (χ2n) is 3.01. The topological polar surface area (TPSA) is 25.2 Å². The van der Waals surface area contributed by atoms with Gasteiger partial charge >= 0.3 is 0 Å². The van der Waals surface area contributed by atoms with E-state index in [1.54, 1.807) is 0 Å². The van der Waals surface area contributed by atoms with E-state index < -0.39 is 0 Å². The van der Waals surface area contributed by atoms with E-state index in [-0.39, 0.29) is 0 Å². The molecule has 0 amide bonds. The van der Waals surface area contributed by atoms with Crippen molar-refractivity contribution in [2.24, 2.45) is 0 Å². The van der Waals surface area contributed by atoms with Crippen LogP contribution in [0.4, 0.5) is 0 Å². The third-order valence-electron chi connectivity index (χ3n) is 1.77. The molecule has 1 aromatic rings. The maximum Gasteiger partial charge on any atom is 0.105 e. The molecule has 1 N–H and O–H groups in total. The Morgan fingerprint density at radius 2 is 2.17 bits per heavy atom. The van der Waals surface area contributed by atoms with Gasteiger partial charge in [0.25, 0.3) is 0 Å². The van der Waals surface area contributed by atoms with Gasteiger partial charge < -0.3 is 9.73 Å². The Balaban J connectivity index is 2.15. The molecule has 0 aliphatic carbocycles. The molecule has 2 heteroatoms. The quantitative estimate of drug-likeness (QED) is 0.680. The van der Waals surface area contributed by atoms with Crippen molar-refractivity contribution >= 4 is 0 Å². The van der Waals surface area contributed by atoms with Gasteiger partial charge in [-0.3, -0.25) is 0 Å². The minimum atomic E-state index is 0.994. The number of aryl methyl sites for hydroxylation is 1. The molecule has 0 unspecified atom stereocenters. The Labute approximate surface area is 74.0 Å². The van der Waals surface area contributed by atoms with Crippen LogP contribution >= 0.6 is 0 Å². The van der Waals surface area contributed by atoms with Crippen molar-refractivity contribution in [1.29, 1.82) is 0 Å². The van der Waals surface area contributed by atoms with Crippen molar-refractivity contribution in [3.8, 4) is 0 Å². The fourth-order valence-electron chi connectivity index (χ4n) is 1.13. The minimum absolute atomic E-state index is 0.994. The largest absolute Gasteiger partial charge is 0.466 e. The minimum Gasteiger partial charge on any atom is -0.466 e. The highest BCUT2D eigenvalue weighted by Gasteiger charge is 1.96. The van der Waals surface area contributed by atoms with E-state index in [0.717, 1.165) is 31.0 Å². The molecule has 2 nitrogen and oxygen atoms in total. The fourth-order valence-corrected chi connectivity index (χ4v) is 1.13. The lowest BCUT2D eigenvalue weighted by atomic mass is 10.3. The summed E-state index contributed by atoms with van der Waals surface area (Å²) in [6.07, 6.45) is 2.19. The lowest BCUT2D eigenvalue weighted by molar-refractivity contribution is 0.475. The number of nitrogens with one attached hydrogen (secondary N) is 1. The van der Waals surface area contributed by atoms with Gasteiger partial charge in [-0.05, 0) is 32.0 Å². The van der Waals surface area contributed by atoms with Crippen LogP contribution in [0, 0.1) is 6.92 Å². The van der Waals surface area contributed by atoms with Gasteiger partial charge in [0.15, 0.2) is 0 Å². The summed E-state index contributed by atoms with van der Waals surface area (Å²) < 4.78 is 5.42. The van der Waals surface area contributed by atoms with Crippen LogP contribution < -0.4 is 5.32 Å². The van der Waals surface area contributed by atoms with Crippen molar-refractivity contribution in [2.75, 3.05) is 13.1 Å². The molecule has 1 rings (SSSR count). The van der Waals surface area contributed by atoms with Crippen LogP contribution in [0.15, 0.2) is 16.5 Å². The standard InChI is InChI=1S/C10H17NO/c1-3-7-11-8-6-10-5-4-9(2)12-10/h4-5,11H,3,6-8H2,1-2H3. The van der Waals surface area contributed by atoms with Crippen LogP contribution in [0.2, 0.25) is 0 Å². The predicted octanol–water partition coefficient (Wildman–Crippen LogP) is 2.13. The average molecular weight is 167 g/mol. The van der Waals surface area contributed by atoms with E-state index in [4.69, 9.17) is 4.42 Å². The summed E-state index contributed by atoms with van der Waals surface area (Å²) in [5.74, 6) is 2.08. The normalized spacial score (nSPS) is 10.5. The van der Waals surface area contributed by atoms with Crippen LogP contribution in [0.5, 0.6) is 0 Å². The van der Waals surface area contributed by atoms with Crippen molar-refractivity contribution in [3.05, 3.63) is 23.7 Å². The fraction of sp³-hybridized carbons (Fsp3) is 0.600.